The van der Waals surface area contributed by atoms with E-state index in [4.69, 9.17) is 0 Å². The van der Waals surface area contributed by atoms with Crippen molar-refractivity contribution in [3.63, 3.8) is 0 Å². The molecule has 2 aromatic heterocycles. The fourth-order valence-electron chi connectivity index (χ4n) is 1.98. The summed E-state index contributed by atoms with van der Waals surface area (Å²) >= 11 is 0. The Morgan fingerprint density at radius 3 is 2.55 bits per heavy atom. The molecular formula is C16H18N6. The van der Waals surface area contributed by atoms with Crippen LogP contribution in [0.2, 0.25) is 0 Å². The van der Waals surface area contributed by atoms with E-state index in [1.807, 2.05) is 30.3 Å². The molecule has 0 aliphatic carbocycles. The number of para-hydroxylation sites is 1. The summed E-state index contributed by atoms with van der Waals surface area (Å²) in [5.74, 6) is 1.71. The summed E-state index contributed by atoms with van der Waals surface area (Å²) in [6, 6.07) is 9.86. The molecule has 0 saturated carbocycles. The molecule has 2 N–H and O–H groups in total. The number of nitrogens with one attached hydrogen (secondary N) is 2. The van der Waals surface area contributed by atoms with E-state index in [0.29, 0.717) is 28.8 Å². The van der Waals surface area contributed by atoms with Crippen molar-refractivity contribution >= 4 is 28.6 Å². The lowest BCUT2D eigenvalue weighted by Crippen LogP contribution is -2.12. The molecule has 3 aromatic rings. The minimum atomic E-state index is 0.506. The maximum atomic E-state index is 4.53. The van der Waals surface area contributed by atoms with Gasteiger partial charge < -0.3 is 10.6 Å². The van der Waals surface area contributed by atoms with Gasteiger partial charge in [0.25, 0.3) is 0 Å². The second-order valence-electron chi connectivity index (χ2n) is 5.39. The van der Waals surface area contributed by atoms with Gasteiger partial charge >= 0.3 is 0 Å². The summed E-state index contributed by atoms with van der Waals surface area (Å²) in [6.45, 7) is 5.07. The predicted molar refractivity (Wildman–Crippen MR) is 88.2 cm³/mol. The van der Waals surface area contributed by atoms with Crippen LogP contribution < -0.4 is 10.6 Å². The van der Waals surface area contributed by atoms with Crippen molar-refractivity contribution in [2.24, 2.45) is 5.92 Å². The van der Waals surface area contributed by atoms with E-state index in [0.717, 1.165) is 12.2 Å². The molecule has 0 saturated heterocycles. The Bertz CT molecular complexity index is 757. The molecule has 0 atom stereocenters. The van der Waals surface area contributed by atoms with Crippen LogP contribution in [0.25, 0.3) is 11.2 Å². The van der Waals surface area contributed by atoms with Crippen molar-refractivity contribution in [3.8, 4) is 0 Å². The van der Waals surface area contributed by atoms with Gasteiger partial charge in [0.15, 0.2) is 17.0 Å². The molecular weight excluding hydrogens is 276 g/mol. The minimum absolute atomic E-state index is 0.506. The van der Waals surface area contributed by atoms with Crippen molar-refractivity contribution in [3.05, 3.63) is 42.7 Å². The molecule has 1 aromatic carbocycles. The highest BCUT2D eigenvalue weighted by Gasteiger charge is 2.10. The van der Waals surface area contributed by atoms with Crippen LogP contribution in [0.5, 0.6) is 0 Å². The third-order valence-electron chi connectivity index (χ3n) is 3.04. The summed E-state index contributed by atoms with van der Waals surface area (Å²) in [7, 11) is 0. The highest BCUT2D eigenvalue weighted by atomic mass is 15.2. The van der Waals surface area contributed by atoms with E-state index in [1.165, 1.54) is 0 Å². The third-order valence-corrected chi connectivity index (χ3v) is 3.04. The molecule has 6 heteroatoms. The third kappa shape index (κ3) is 3.28. The lowest BCUT2D eigenvalue weighted by Gasteiger charge is -2.11. The number of aromatic nitrogens is 4. The van der Waals surface area contributed by atoms with E-state index in [9.17, 15) is 0 Å². The van der Waals surface area contributed by atoms with Crippen molar-refractivity contribution < 1.29 is 0 Å². The minimum Gasteiger partial charge on any atom is -0.354 e. The lowest BCUT2D eigenvalue weighted by atomic mass is 10.2. The Balaban J connectivity index is 1.98. The summed E-state index contributed by atoms with van der Waals surface area (Å²) in [4.78, 5) is 17.6. The molecule has 0 aliphatic heterocycles. The second kappa shape index (κ2) is 6.34. The van der Waals surface area contributed by atoms with E-state index in [1.54, 1.807) is 12.4 Å². The normalized spacial score (nSPS) is 10.9. The number of anilines is 3. The van der Waals surface area contributed by atoms with Crippen LogP contribution in [0, 0.1) is 5.92 Å². The molecule has 0 fully saturated rings. The van der Waals surface area contributed by atoms with E-state index in [-0.39, 0.29) is 0 Å². The van der Waals surface area contributed by atoms with Gasteiger partial charge in [-0.2, -0.15) is 9.97 Å². The second-order valence-corrected chi connectivity index (χ2v) is 5.39. The molecule has 0 unspecified atom stereocenters. The van der Waals surface area contributed by atoms with Gasteiger partial charge in [-0.25, -0.2) is 9.97 Å². The monoisotopic (exact) mass is 294 g/mol. The van der Waals surface area contributed by atoms with Gasteiger partial charge in [0.05, 0.1) is 0 Å². The maximum absolute atomic E-state index is 4.53. The smallest absolute Gasteiger partial charge is 0.226 e. The number of hydrogen-bond acceptors (Lipinski definition) is 6. The Labute approximate surface area is 129 Å². The van der Waals surface area contributed by atoms with Gasteiger partial charge in [-0.1, -0.05) is 32.0 Å². The summed E-state index contributed by atoms with van der Waals surface area (Å²) in [6.07, 6.45) is 3.27. The Hall–Kier alpha value is -2.76. The molecule has 6 nitrogen and oxygen atoms in total. The molecule has 0 radical (unpaired) electrons. The average Bonchev–Trinajstić information content (AvgIpc) is 2.54. The van der Waals surface area contributed by atoms with Crippen LogP contribution in [0.15, 0.2) is 42.7 Å². The molecule has 0 aliphatic rings. The highest BCUT2D eigenvalue weighted by molar-refractivity contribution is 5.85. The number of rotatable bonds is 5. The van der Waals surface area contributed by atoms with Gasteiger partial charge in [-0.15, -0.1) is 0 Å². The summed E-state index contributed by atoms with van der Waals surface area (Å²) in [5.41, 5.74) is 2.17. The maximum Gasteiger partial charge on any atom is 0.226 e. The summed E-state index contributed by atoms with van der Waals surface area (Å²) in [5, 5.41) is 6.51. The van der Waals surface area contributed by atoms with Gasteiger partial charge in [-0.05, 0) is 18.1 Å². The first-order valence-electron chi connectivity index (χ1n) is 7.27. The largest absolute Gasteiger partial charge is 0.354 e. The average molecular weight is 294 g/mol. The first-order valence-corrected chi connectivity index (χ1v) is 7.27. The zero-order valence-corrected chi connectivity index (χ0v) is 12.6. The molecule has 2 heterocycles. The van der Waals surface area contributed by atoms with Crippen molar-refractivity contribution in [1.82, 2.24) is 19.9 Å². The van der Waals surface area contributed by atoms with Crippen LogP contribution in [0.3, 0.4) is 0 Å². The van der Waals surface area contributed by atoms with Crippen LogP contribution in [-0.2, 0) is 0 Å². The number of benzene rings is 1. The van der Waals surface area contributed by atoms with E-state index >= 15 is 0 Å². The standard InChI is InChI=1S/C16H18N6/c1-11(2)10-19-16-21-14-13(17-8-9-18-14)15(22-16)20-12-6-4-3-5-7-12/h3-9,11H,10H2,1-2H3,(H2,18,19,20,21,22). The van der Waals surface area contributed by atoms with Gasteiger partial charge in [0.2, 0.25) is 5.95 Å². The first-order chi connectivity index (χ1) is 10.7. The van der Waals surface area contributed by atoms with Gasteiger partial charge in [0, 0.05) is 24.6 Å². The van der Waals surface area contributed by atoms with Crippen LogP contribution in [0.4, 0.5) is 17.5 Å². The Morgan fingerprint density at radius 1 is 1.00 bits per heavy atom. The predicted octanol–water partition coefficient (Wildman–Crippen LogP) is 3.23. The molecule has 112 valence electrons. The Kier molecular flexibility index (Phi) is 4.09. The number of fused-ring (bicyclic) bond motifs is 1. The fraction of sp³-hybridized carbons (Fsp3) is 0.250. The topological polar surface area (TPSA) is 75.6 Å². The zero-order chi connectivity index (χ0) is 15.4. The quantitative estimate of drug-likeness (QED) is 0.752. The number of hydrogen-bond donors (Lipinski definition) is 2. The molecule has 22 heavy (non-hydrogen) atoms. The van der Waals surface area contributed by atoms with Crippen LogP contribution in [-0.4, -0.2) is 26.5 Å². The van der Waals surface area contributed by atoms with Crippen molar-refractivity contribution in [1.29, 1.82) is 0 Å². The molecule has 0 bridgehead atoms. The van der Waals surface area contributed by atoms with Crippen LogP contribution >= 0.6 is 0 Å². The lowest BCUT2D eigenvalue weighted by molar-refractivity contribution is 0.685. The number of nitrogens with zero attached hydrogens (tertiary/aromatic N) is 4. The van der Waals surface area contributed by atoms with E-state index < -0.39 is 0 Å². The Morgan fingerprint density at radius 2 is 1.77 bits per heavy atom. The SMILES string of the molecule is CC(C)CNc1nc(Nc2ccccc2)c2nccnc2n1. The molecule has 3 rings (SSSR count). The van der Waals surface area contributed by atoms with Gasteiger partial charge in [0.1, 0.15) is 0 Å². The molecule has 0 spiro atoms. The fourth-order valence-corrected chi connectivity index (χ4v) is 1.98. The highest BCUT2D eigenvalue weighted by Crippen LogP contribution is 2.22. The van der Waals surface area contributed by atoms with Crippen molar-refractivity contribution in [2.75, 3.05) is 17.2 Å². The van der Waals surface area contributed by atoms with Gasteiger partial charge in [-0.3, -0.25) is 0 Å². The summed E-state index contributed by atoms with van der Waals surface area (Å²) < 4.78 is 0. The zero-order valence-electron chi connectivity index (χ0n) is 12.6. The van der Waals surface area contributed by atoms with Crippen molar-refractivity contribution in [2.45, 2.75) is 13.8 Å². The van der Waals surface area contributed by atoms with Crippen LogP contribution in [0.1, 0.15) is 13.8 Å². The first kappa shape index (κ1) is 14.2. The van der Waals surface area contributed by atoms with E-state index in [2.05, 4.69) is 44.4 Å². The molecule has 0 amide bonds.